The van der Waals surface area contributed by atoms with Crippen molar-refractivity contribution in [2.24, 2.45) is 11.3 Å². The van der Waals surface area contributed by atoms with Gasteiger partial charge in [0.05, 0.1) is 0 Å². The van der Waals surface area contributed by atoms with E-state index in [0.717, 1.165) is 38.4 Å². The minimum atomic E-state index is -4.02. The van der Waals surface area contributed by atoms with Crippen LogP contribution in [-0.2, 0) is 14.8 Å². The molecule has 8 heteroatoms. The molecule has 1 unspecified atom stereocenters. The molecular weight excluding hydrogens is 357 g/mol. The quantitative estimate of drug-likeness (QED) is 0.744. The van der Waals surface area contributed by atoms with Gasteiger partial charge in [-0.05, 0) is 76.7 Å². The average molecular weight is 383 g/mol. The largest absolute Gasteiger partial charge is 0.326 e. The summed E-state index contributed by atoms with van der Waals surface area (Å²) in [7, 11) is -4.02. The summed E-state index contributed by atoms with van der Waals surface area (Å²) in [6.07, 6.45) is 2.81. The molecule has 1 aliphatic carbocycles. The van der Waals surface area contributed by atoms with Crippen molar-refractivity contribution in [2.75, 3.05) is 18.4 Å². The van der Waals surface area contributed by atoms with E-state index in [1.165, 1.54) is 12.1 Å². The van der Waals surface area contributed by atoms with Gasteiger partial charge in [0.25, 0.3) is 0 Å². The lowest BCUT2D eigenvalue weighted by molar-refractivity contribution is -0.118. The van der Waals surface area contributed by atoms with Gasteiger partial charge in [0.1, 0.15) is 10.7 Å². The predicted octanol–water partition coefficient (Wildman–Crippen LogP) is 2.23. The van der Waals surface area contributed by atoms with Crippen LogP contribution in [0.2, 0.25) is 0 Å². The third-order valence-electron chi connectivity index (χ3n) is 5.03. The summed E-state index contributed by atoms with van der Waals surface area (Å²) < 4.78 is 41.4. The van der Waals surface area contributed by atoms with Crippen LogP contribution in [0.1, 0.15) is 40.0 Å². The first kappa shape index (κ1) is 19.3. The first-order valence-corrected chi connectivity index (χ1v) is 10.4. The molecule has 3 rings (SSSR count). The molecule has 2 aliphatic rings. The maximum atomic E-state index is 14.1. The van der Waals surface area contributed by atoms with Gasteiger partial charge in [-0.1, -0.05) is 0 Å². The van der Waals surface area contributed by atoms with E-state index in [2.05, 4.69) is 15.4 Å². The second-order valence-corrected chi connectivity index (χ2v) is 10.0. The Morgan fingerprint density at radius 1 is 1.27 bits per heavy atom. The summed E-state index contributed by atoms with van der Waals surface area (Å²) in [6, 6.07) is 3.64. The Kier molecular flexibility index (Phi) is 4.87. The summed E-state index contributed by atoms with van der Waals surface area (Å²) >= 11 is 0. The molecule has 1 heterocycles. The van der Waals surface area contributed by atoms with E-state index in [1.807, 2.05) is 0 Å². The van der Waals surface area contributed by atoms with Crippen molar-refractivity contribution in [3.05, 3.63) is 24.0 Å². The molecule has 2 fully saturated rings. The highest BCUT2D eigenvalue weighted by Gasteiger charge is 2.57. The first-order valence-electron chi connectivity index (χ1n) is 8.88. The molecule has 1 saturated carbocycles. The molecule has 0 aromatic heterocycles. The molecule has 0 bridgehead atoms. The van der Waals surface area contributed by atoms with Crippen LogP contribution >= 0.6 is 0 Å². The zero-order chi connectivity index (χ0) is 19.2. The second kappa shape index (κ2) is 6.58. The number of nitrogens with one attached hydrogen (secondary N) is 3. The number of hydrogen-bond acceptors (Lipinski definition) is 4. The first-order chi connectivity index (χ1) is 12.0. The Hall–Kier alpha value is -1.51. The summed E-state index contributed by atoms with van der Waals surface area (Å²) in [6.45, 7) is 6.88. The molecule has 1 atom stereocenters. The number of rotatable bonds is 4. The number of amides is 1. The zero-order valence-electron chi connectivity index (χ0n) is 15.4. The van der Waals surface area contributed by atoms with Crippen LogP contribution in [0.4, 0.5) is 10.1 Å². The third kappa shape index (κ3) is 4.07. The van der Waals surface area contributed by atoms with E-state index in [0.29, 0.717) is 5.69 Å². The van der Waals surface area contributed by atoms with Crippen molar-refractivity contribution in [1.82, 2.24) is 10.0 Å². The molecule has 1 spiro atoms. The van der Waals surface area contributed by atoms with E-state index in [4.69, 9.17) is 0 Å². The topological polar surface area (TPSA) is 87.3 Å². The van der Waals surface area contributed by atoms with Crippen LogP contribution in [0.25, 0.3) is 0 Å². The number of anilines is 1. The van der Waals surface area contributed by atoms with Gasteiger partial charge in [-0.2, -0.15) is 0 Å². The molecule has 144 valence electrons. The fraction of sp³-hybridized carbons (Fsp3) is 0.611. The number of piperidine rings is 1. The average Bonchev–Trinajstić information content (AvgIpc) is 3.20. The highest BCUT2D eigenvalue weighted by atomic mass is 32.2. The second-order valence-electron chi connectivity index (χ2n) is 8.36. The van der Waals surface area contributed by atoms with Crippen LogP contribution in [0, 0.1) is 17.2 Å². The normalized spacial score (nSPS) is 22.2. The smallest absolute Gasteiger partial charge is 0.244 e. The lowest BCUT2D eigenvalue weighted by Gasteiger charge is -2.23. The van der Waals surface area contributed by atoms with Crippen molar-refractivity contribution in [1.29, 1.82) is 0 Å². The van der Waals surface area contributed by atoms with Gasteiger partial charge in [0.2, 0.25) is 15.9 Å². The van der Waals surface area contributed by atoms with Gasteiger partial charge in [-0.25, -0.2) is 17.5 Å². The van der Waals surface area contributed by atoms with Gasteiger partial charge in [-0.15, -0.1) is 0 Å². The molecule has 0 radical (unpaired) electrons. The molecule has 6 nitrogen and oxygen atoms in total. The van der Waals surface area contributed by atoms with Crippen molar-refractivity contribution in [3.63, 3.8) is 0 Å². The van der Waals surface area contributed by atoms with E-state index in [9.17, 15) is 17.6 Å². The SMILES string of the molecule is CC(C)(C)NS(=O)(=O)c1cc(NC(=O)C2CC23CCNCC3)ccc1F. The molecular formula is C18H26FN3O3S. The lowest BCUT2D eigenvalue weighted by atomic mass is 9.92. The molecule has 1 aromatic carbocycles. The van der Waals surface area contributed by atoms with Gasteiger partial charge in [0.15, 0.2) is 0 Å². The summed E-state index contributed by atoms with van der Waals surface area (Å²) in [4.78, 5) is 12.1. The Labute approximate surface area is 154 Å². The molecule has 3 N–H and O–H groups in total. The van der Waals surface area contributed by atoms with Crippen LogP contribution in [0.5, 0.6) is 0 Å². The predicted molar refractivity (Wildman–Crippen MR) is 97.7 cm³/mol. The van der Waals surface area contributed by atoms with Gasteiger partial charge in [0, 0.05) is 17.1 Å². The zero-order valence-corrected chi connectivity index (χ0v) is 16.2. The monoisotopic (exact) mass is 383 g/mol. The molecule has 1 aliphatic heterocycles. The van der Waals surface area contributed by atoms with Crippen molar-refractivity contribution < 1.29 is 17.6 Å². The van der Waals surface area contributed by atoms with E-state index in [-0.39, 0.29) is 17.2 Å². The number of hydrogen-bond donors (Lipinski definition) is 3. The number of carbonyl (C=O) groups excluding carboxylic acids is 1. The lowest BCUT2D eigenvalue weighted by Crippen LogP contribution is -2.40. The van der Waals surface area contributed by atoms with E-state index in [1.54, 1.807) is 20.8 Å². The molecule has 1 amide bonds. The van der Waals surface area contributed by atoms with Gasteiger partial charge < -0.3 is 10.6 Å². The number of sulfonamides is 1. The molecule has 1 saturated heterocycles. The number of halogens is 1. The maximum absolute atomic E-state index is 14.1. The van der Waals surface area contributed by atoms with Gasteiger partial charge in [-0.3, -0.25) is 4.79 Å². The highest BCUT2D eigenvalue weighted by molar-refractivity contribution is 7.89. The van der Waals surface area contributed by atoms with Crippen molar-refractivity contribution >= 4 is 21.6 Å². The Morgan fingerprint density at radius 2 is 1.92 bits per heavy atom. The summed E-state index contributed by atoms with van der Waals surface area (Å²) in [5.74, 6) is -1.02. The van der Waals surface area contributed by atoms with E-state index < -0.39 is 26.3 Å². The van der Waals surface area contributed by atoms with Crippen LogP contribution in [0.3, 0.4) is 0 Å². The summed E-state index contributed by atoms with van der Waals surface area (Å²) in [5.41, 5.74) is -0.362. The van der Waals surface area contributed by atoms with Crippen molar-refractivity contribution in [3.8, 4) is 0 Å². The van der Waals surface area contributed by atoms with Crippen LogP contribution in [0.15, 0.2) is 23.1 Å². The molecule has 1 aromatic rings. The Morgan fingerprint density at radius 3 is 2.54 bits per heavy atom. The van der Waals surface area contributed by atoms with Crippen LogP contribution in [-0.4, -0.2) is 33.0 Å². The van der Waals surface area contributed by atoms with Crippen LogP contribution < -0.4 is 15.4 Å². The fourth-order valence-electron chi connectivity index (χ4n) is 3.67. The van der Waals surface area contributed by atoms with E-state index >= 15 is 0 Å². The number of carbonyl (C=O) groups is 1. The fourth-order valence-corrected chi connectivity index (χ4v) is 5.19. The third-order valence-corrected chi connectivity index (χ3v) is 6.81. The maximum Gasteiger partial charge on any atom is 0.244 e. The Balaban J connectivity index is 1.75. The Bertz CT molecular complexity index is 811. The van der Waals surface area contributed by atoms with Crippen molar-refractivity contribution in [2.45, 2.75) is 50.5 Å². The molecule has 26 heavy (non-hydrogen) atoms. The summed E-state index contributed by atoms with van der Waals surface area (Å²) in [5, 5.41) is 6.05. The minimum Gasteiger partial charge on any atom is -0.326 e. The highest BCUT2D eigenvalue weighted by Crippen LogP contribution is 2.58. The minimum absolute atomic E-state index is 0.0533. The van der Waals surface area contributed by atoms with Gasteiger partial charge >= 0.3 is 0 Å². The number of benzene rings is 1. The standard InChI is InChI=1S/C18H26FN3O3S/c1-17(2,3)22-26(24,25)15-10-12(4-5-14(15)19)21-16(23)13-11-18(13)6-8-20-9-7-18/h4-5,10,13,20,22H,6-9,11H2,1-3H3,(H,21,23).